The van der Waals surface area contributed by atoms with E-state index in [2.05, 4.69) is 15.8 Å². The molecule has 0 fully saturated rings. The number of esters is 1. The molecule has 45 heavy (non-hydrogen) atoms. The van der Waals surface area contributed by atoms with E-state index in [9.17, 15) is 18.8 Å². The average molecular weight is 629 g/mol. The van der Waals surface area contributed by atoms with Gasteiger partial charge in [-0.15, -0.1) is 0 Å². The molecule has 0 atom stereocenters. The van der Waals surface area contributed by atoms with Crippen molar-refractivity contribution >= 4 is 47.4 Å². The first-order chi connectivity index (χ1) is 21.6. The molecule has 230 valence electrons. The molecule has 0 heterocycles. The second-order valence-electron chi connectivity index (χ2n) is 9.72. The number of hydrazone groups is 1. The molecule has 4 aromatic rings. The average Bonchev–Trinajstić information content (AvgIpc) is 3.02. The van der Waals surface area contributed by atoms with Gasteiger partial charge in [-0.1, -0.05) is 41.9 Å². The predicted molar refractivity (Wildman–Crippen MR) is 172 cm³/mol. The molecule has 0 aliphatic rings. The van der Waals surface area contributed by atoms with Crippen LogP contribution in [0.5, 0.6) is 11.5 Å². The van der Waals surface area contributed by atoms with Gasteiger partial charge < -0.3 is 19.7 Å². The van der Waals surface area contributed by atoms with Crippen LogP contribution in [0.3, 0.4) is 0 Å². The number of nitrogens with one attached hydrogen (secondary N) is 2. The number of carbonyl (C=O) groups excluding carboxylic acids is 3. The van der Waals surface area contributed by atoms with Crippen molar-refractivity contribution in [3.63, 3.8) is 0 Å². The zero-order valence-electron chi connectivity index (χ0n) is 24.7. The lowest BCUT2D eigenvalue weighted by molar-refractivity contribution is -0.117. The molecule has 2 N–H and O–H groups in total. The lowest BCUT2D eigenvalue weighted by atomic mass is 10.1. The lowest BCUT2D eigenvalue weighted by Gasteiger charge is -2.13. The van der Waals surface area contributed by atoms with Crippen LogP contribution < -0.4 is 25.1 Å². The van der Waals surface area contributed by atoms with Crippen LogP contribution in [0.4, 0.5) is 10.1 Å². The molecule has 4 aromatic carbocycles. The summed E-state index contributed by atoms with van der Waals surface area (Å²) in [6.07, 6.45) is 2.84. The minimum absolute atomic E-state index is 0.0407. The number of nitrogens with zero attached hydrogens (tertiary/aromatic N) is 2. The summed E-state index contributed by atoms with van der Waals surface area (Å²) in [6.45, 7) is 2.07. The second kappa shape index (κ2) is 15.3. The molecule has 0 saturated heterocycles. The van der Waals surface area contributed by atoms with Gasteiger partial charge in [0.25, 0.3) is 11.8 Å². The van der Waals surface area contributed by atoms with Gasteiger partial charge in [-0.25, -0.2) is 14.6 Å². The fraction of sp³-hybridized carbons (Fsp3) is 0.118. The monoisotopic (exact) mass is 628 g/mol. The number of hydrogen-bond acceptors (Lipinski definition) is 7. The Kier molecular flexibility index (Phi) is 11.0. The van der Waals surface area contributed by atoms with E-state index in [1.807, 2.05) is 31.1 Å². The topological polar surface area (TPSA) is 109 Å². The maximum atomic E-state index is 13.7. The summed E-state index contributed by atoms with van der Waals surface area (Å²) in [5.74, 6) is -2.18. The first-order valence-electron chi connectivity index (χ1n) is 13.8. The van der Waals surface area contributed by atoms with E-state index in [1.54, 1.807) is 55.5 Å². The number of rotatable bonds is 11. The van der Waals surface area contributed by atoms with Crippen molar-refractivity contribution in [2.45, 2.75) is 6.92 Å². The standard InChI is InChI=1S/C34H30ClFN4O5/c1-4-44-31-19-23(14-17-30(31)45-34(43)27-10-5-6-11-28(27)35)21-37-39-33(42)29(18-22-12-15-26(16-13-22)40(2)3)38-32(41)24-8-7-9-25(36)20-24/h5-21H,4H2,1-3H3,(H,38,41)(H,39,42)/b29-18-,37-21-. The van der Waals surface area contributed by atoms with E-state index in [0.717, 1.165) is 11.8 Å². The van der Waals surface area contributed by atoms with E-state index in [0.29, 0.717) is 17.7 Å². The van der Waals surface area contributed by atoms with Gasteiger partial charge >= 0.3 is 5.97 Å². The minimum Gasteiger partial charge on any atom is -0.490 e. The maximum Gasteiger partial charge on any atom is 0.345 e. The molecular weight excluding hydrogens is 599 g/mol. The Balaban J connectivity index is 1.52. The number of amides is 2. The first kappa shape index (κ1) is 32.4. The summed E-state index contributed by atoms with van der Waals surface area (Å²) in [5, 5.41) is 6.82. The largest absolute Gasteiger partial charge is 0.490 e. The minimum atomic E-state index is -0.719. The van der Waals surface area contributed by atoms with E-state index in [1.165, 1.54) is 36.6 Å². The van der Waals surface area contributed by atoms with Crippen LogP contribution >= 0.6 is 11.6 Å². The molecule has 4 rings (SSSR count). The highest BCUT2D eigenvalue weighted by molar-refractivity contribution is 6.33. The summed E-state index contributed by atoms with van der Waals surface area (Å²) >= 11 is 6.12. The Labute approximate surface area is 264 Å². The van der Waals surface area contributed by atoms with Gasteiger partial charge in [0.05, 0.1) is 23.4 Å². The summed E-state index contributed by atoms with van der Waals surface area (Å²) in [4.78, 5) is 40.6. The molecule has 0 bridgehead atoms. The number of benzene rings is 4. The number of halogens is 2. The van der Waals surface area contributed by atoms with Crippen LogP contribution in [0, 0.1) is 5.82 Å². The van der Waals surface area contributed by atoms with Gasteiger partial charge in [0.1, 0.15) is 11.5 Å². The highest BCUT2D eigenvalue weighted by Gasteiger charge is 2.17. The van der Waals surface area contributed by atoms with Gasteiger partial charge in [0.15, 0.2) is 11.5 Å². The molecule has 0 unspecified atom stereocenters. The Morgan fingerprint density at radius 1 is 0.911 bits per heavy atom. The predicted octanol–water partition coefficient (Wildman–Crippen LogP) is 6.08. The van der Waals surface area contributed by atoms with Gasteiger partial charge in [0.2, 0.25) is 0 Å². The zero-order chi connectivity index (χ0) is 32.3. The Morgan fingerprint density at radius 2 is 1.64 bits per heavy atom. The number of ether oxygens (including phenoxy) is 2. The zero-order valence-corrected chi connectivity index (χ0v) is 25.5. The molecule has 0 aliphatic carbocycles. The quantitative estimate of drug-likeness (QED) is 0.0685. The Morgan fingerprint density at radius 3 is 2.33 bits per heavy atom. The van der Waals surface area contributed by atoms with Crippen LogP contribution in [0.25, 0.3) is 6.08 Å². The first-order valence-corrected chi connectivity index (χ1v) is 14.2. The molecule has 0 spiro atoms. The van der Waals surface area contributed by atoms with Crippen LogP contribution in [-0.2, 0) is 4.79 Å². The molecule has 0 radical (unpaired) electrons. The van der Waals surface area contributed by atoms with E-state index >= 15 is 0 Å². The van der Waals surface area contributed by atoms with E-state index < -0.39 is 23.6 Å². The molecule has 9 nitrogen and oxygen atoms in total. The normalized spacial score (nSPS) is 11.2. The second-order valence-corrected chi connectivity index (χ2v) is 10.1. The van der Waals surface area contributed by atoms with Crippen molar-refractivity contribution in [2.75, 3.05) is 25.6 Å². The molecule has 0 aliphatic heterocycles. The van der Waals surface area contributed by atoms with Crippen molar-refractivity contribution < 1.29 is 28.2 Å². The van der Waals surface area contributed by atoms with Crippen LogP contribution in [-0.4, -0.2) is 44.7 Å². The molecular formula is C34H30ClFN4O5. The van der Waals surface area contributed by atoms with Gasteiger partial charge in [-0.3, -0.25) is 9.59 Å². The van der Waals surface area contributed by atoms with E-state index in [-0.39, 0.29) is 33.3 Å². The van der Waals surface area contributed by atoms with Crippen LogP contribution in [0.15, 0.2) is 102 Å². The fourth-order valence-corrected chi connectivity index (χ4v) is 4.20. The van der Waals surface area contributed by atoms with Crippen LogP contribution in [0.2, 0.25) is 5.02 Å². The van der Waals surface area contributed by atoms with Crippen molar-refractivity contribution in [3.8, 4) is 11.5 Å². The SMILES string of the molecule is CCOc1cc(/C=N\NC(=O)/C(=C/c2ccc(N(C)C)cc2)NC(=O)c2cccc(F)c2)ccc1OC(=O)c1ccccc1Cl. The van der Waals surface area contributed by atoms with Gasteiger partial charge in [-0.2, -0.15) is 5.10 Å². The van der Waals surface area contributed by atoms with Crippen molar-refractivity contribution in [2.24, 2.45) is 5.10 Å². The van der Waals surface area contributed by atoms with Crippen LogP contribution in [0.1, 0.15) is 38.8 Å². The lowest BCUT2D eigenvalue weighted by Crippen LogP contribution is -2.32. The summed E-state index contributed by atoms with van der Waals surface area (Å²) in [5.41, 5.74) is 4.63. The summed E-state index contributed by atoms with van der Waals surface area (Å²) < 4.78 is 24.9. The third-order valence-corrected chi connectivity index (χ3v) is 6.57. The smallest absolute Gasteiger partial charge is 0.345 e. The highest BCUT2D eigenvalue weighted by atomic mass is 35.5. The molecule has 2 amide bonds. The number of carbonyl (C=O) groups is 3. The summed E-state index contributed by atoms with van der Waals surface area (Å²) in [6, 6.07) is 23.7. The third-order valence-electron chi connectivity index (χ3n) is 6.24. The Bertz CT molecular complexity index is 1760. The van der Waals surface area contributed by atoms with Crippen molar-refractivity contribution in [1.29, 1.82) is 0 Å². The highest BCUT2D eigenvalue weighted by Crippen LogP contribution is 2.29. The molecule has 11 heteroatoms. The Hall–Kier alpha value is -5.48. The summed E-state index contributed by atoms with van der Waals surface area (Å²) in [7, 11) is 3.80. The number of hydrogen-bond donors (Lipinski definition) is 2. The third kappa shape index (κ3) is 9.01. The van der Waals surface area contributed by atoms with Crippen molar-refractivity contribution in [3.05, 3.63) is 130 Å². The van der Waals surface area contributed by atoms with E-state index in [4.69, 9.17) is 21.1 Å². The van der Waals surface area contributed by atoms with Crippen molar-refractivity contribution in [1.82, 2.24) is 10.7 Å². The fourth-order valence-electron chi connectivity index (χ4n) is 3.98. The van der Waals surface area contributed by atoms with Gasteiger partial charge in [0, 0.05) is 25.3 Å². The number of anilines is 1. The molecule has 0 saturated carbocycles. The van der Waals surface area contributed by atoms with Gasteiger partial charge in [-0.05, 0) is 84.8 Å². The molecule has 0 aromatic heterocycles. The maximum absolute atomic E-state index is 13.7.